The minimum atomic E-state index is -4.65. The topological polar surface area (TPSA) is 66.1 Å². The summed E-state index contributed by atoms with van der Waals surface area (Å²) in [5.41, 5.74) is -0.575. The summed E-state index contributed by atoms with van der Waals surface area (Å²) in [7, 11) is 0. The van der Waals surface area contributed by atoms with Crippen LogP contribution < -0.4 is 5.43 Å². The van der Waals surface area contributed by atoms with Crippen LogP contribution in [0.5, 0.6) is 0 Å². The van der Waals surface area contributed by atoms with E-state index in [1.54, 1.807) is 48.7 Å². The van der Waals surface area contributed by atoms with Gasteiger partial charge in [-0.05, 0) is 49.7 Å². The average molecular weight is 599 g/mol. The summed E-state index contributed by atoms with van der Waals surface area (Å²) in [5, 5.41) is 4.53. The Labute approximate surface area is 236 Å². The van der Waals surface area contributed by atoms with Gasteiger partial charge in [0.2, 0.25) is 5.43 Å². The van der Waals surface area contributed by atoms with E-state index in [4.69, 9.17) is 39.5 Å². The fraction of sp³-hybridized carbons (Fsp3) is 0.222. The summed E-state index contributed by atoms with van der Waals surface area (Å²) >= 11 is 18.5. The number of hydrogen-bond acceptors (Lipinski definition) is 4. The fourth-order valence-electron chi connectivity index (χ4n) is 4.29. The number of rotatable bonds is 7. The molecule has 0 aliphatic rings. The molecule has 2 aromatic carbocycles. The maximum Gasteiger partial charge on any atom is 0.435 e. The molecular formula is C27H21Cl3F3N3O3. The lowest BCUT2D eigenvalue weighted by atomic mass is 9.95. The second-order valence-corrected chi connectivity index (χ2v) is 9.62. The lowest BCUT2D eigenvalue weighted by Gasteiger charge is -2.24. The first kappa shape index (κ1) is 28.7. The molecule has 204 valence electrons. The van der Waals surface area contributed by atoms with E-state index in [1.807, 2.05) is 0 Å². The molecule has 0 saturated heterocycles. The predicted molar refractivity (Wildman–Crippen MR) is 145 cm³/mol. The van der Waals surface area contributed by atoms with Gasteiger partial charge in [0.1, 0.15) is 5.56 Å². The molecule has 0 atom stereocenters. The molecule has 0 fully saturated rings. The zero-order chi connectivity index (χ0) is 28.5. The number of esters is 1. The number of benzene rings is 2. The number of pyridine rings is 1. The van der Waals surface area contributed by atoms with Crippen molar-refractivity contribution in [1.82, 2.24) is 14.3 Å². The van der Waals surface area contributed by atoms with Crippen molar-refractivity contribution in [3.8, 4) is 22.4 Å². The number of nitrogens with zero attached hydrogens (tertiary/aromatic N) is 3. The van der Waals surface area contributed by atoms with Crippen LogP contribution in [0.3, 0.4) is 0 Å². The molecule has 0 aliphatic carbocycles. The lowest BCUT2D eigenvalue weighted by Crippen LogP contribution is -2.28. The molecular weight excluding hydrogens is 578 g/mol. The van der Waals surface area contributed by atoms with Crippen molar-refractivity contribution in [1.29, 1.82) is 0 Å². The summed E-state index contributed by atoms with van der Waals surface area (Å²) in [6.45, 7) is 3.41. The molecule has 0 bridgehead atoms. The molecule has 4 aromatic rings. The van der Waals surface area contributed by atoms with Crippen LogP contribution in [-0.4, -0.2) is 26.9 Å². The number of halogens is 6. The van der Waals surface area contributed by atoms with Crippen LogP contribution >= 0.6 is 34.8 Å². The molecule has 12 heteroatoms. The van der Waals surface area contributed by atoms with Crippen molar-refractivity contribution < 1.29 is 22.7 Å². The van der Waals surface area contributed by atoms with Crippen molar-refractivity contribution in [3.05, 3.63) is 97.0 Å². The number of alkyl halides is 3. The van der Waals surface area contributed by atoms with Gasteiger partial charge >= 0.3 is 12.1 Å². The van der Waals surface area contributed by atoms with Gasteiger partial charge in [0.05, 0.1) is 40.1 Å². The van der Waals surface area contributed by atoms with Crippen molar-refractivity contribution in [2.45, 2.75) is 33.1 Å². The highest BCUT2D eigenvalue weighted by molar-refractivity contribution is 6.42. The summed E-state index contributed by atoms with van der Waals surface area (Å²) in [6.07, 6.45) is -3.47. The van der Waals surface area contributed by atoms with E-state index in [9.17, 15) is 22.8 Å². The Morgan fingerprint density at radius 1 is 0.974 bits per heavy atom. The van der Waals surface area contributed by atoms with E-state index >= 15 is 0 Å². The van der Waals surface area contributed by atoms with Gasteiger partial charge in [0.25, 0.3) is 0 Å². The normalized spacial score (nSPS) is 11.6. The Balaban J connectivity index is 2.11. The first-order valence-electron chi connectivity index (χ1n) is 11.7. The van der Waals surface area contributed by atoms with Gasteiger partial charge < -0.3 is 9.30 Å². The summed E-state index contributed by atoms with van der Waals surface area (Å²) in [5.74, 6) is -0.856. The Kier molecular flexibility index (Phi) is 8.44. The molecule has 0 unspecified atom stereocenters. The van der Waals surface area contributed by atoms with Crippen molar-refractivity contribution in [2.24, 2.45) is 0 Å². The van der Waals surface area contributed by atoms with Crippen LogP contribution in [0.4, 0.5) is 13.2 Å². The smallest absolute Gasteiger partial charge is 0.435 e. The lowest BCUT2D eigenvalue weighted by molar-refractivity contribution is -0.141. The largest absolute Gasteiger partial charge is 0.462 e. The van der Waals surface area contributed by atoms with E-state index in [0.717, 1.165) is 10.7 Å². The Morgan fingerprint density at radius 3 is 2.21 bits per heavy atom. The van der Waals surface area contributed by atoms with Gasteiger partial charge in [0, 0.05) is 23.3 Å². The minimum absolute atomic E-state index is 0.0107. The molecule has 4 rings (SSSR count). The summed E-state index contributed by atoms with van der Waals surface area (Å²) in [4.78, 5) is 27.4. The van der Waals surface area contributed by atoms with Gasteiger partial charge in [-0.15, -0.1) is 0 Å². The van der Waals surface area contributed by atoms with Crippen LogP contribution in [0, 0.1) is 0 Å². The zero-order valence-corrected chi connectivity index (χ0v) is 22.9. The monoisotopic (exact) mass is 597 g/mol. The molecule has 2 heterocycles. The van der Waals surface area contributed by atoms with Crippen LogP contribution in [0.1, 0.15) is 35.6 Å². The average Bonchev–Trinajstić information content (AvgIpc) is 3.36. The minimum Gasteiger partial charge on any atom is -0.462 e. The first-order valence-corrected chi connectivity index (χ1v) is 12.9. The highest BCUT2D eigenvalue weighted by Crippen LogP contribution is 2.34. The second kappa shape index (κ2) is 11.5. The number of ether oxygens (including phenoxy) is 1. The Morgan fingerprint density at radius 2 is 1.64 bits per heavy atom. The zero-order valence-electron chi connectivity index (χ0n) is 20.7. The number of carbonyl (C=O) groups excluding carboxylic acids is 1. The van der Waals surface area contributed by atoms with Crippen molar-refractivity contribution >= 4 is 40.8 Å². The van der Waals surface area contributed by atoms with E-state index < -0.39 is 23.3 Å². The molecule has 6 nitrogen and oxygen atoms in total. The summed E-state index contributed by atoms with van der Waals surface area (Å²) in [6, 6.07) is 11.8. The maximum atomic E-state index is 14.1. The first-order chi connectivity index (χ1) is 18.5. The van der Waals surface area contributed by atoms with Gasteiger partial charge in [-0.25, -0.2) is 4.79 Å². The molecule has 0 saturated carbocycles. The molecule has 39 heavy (non-hydrogen) atoms. The quantitative estimate of drug-likeness (QED) is 0.206. The third-order valence-corrected chi connectivity index (χ3v) is 6.93. The van der Waals surface area contributed by atoms with Crippen molar-refractivity contribution in [2.75, 3.05) is 6.61 Å². The standard InChI is InChI=1S/C27H21Cl3F3N3O3/c1-3-36-20(14-35-12-11-21(34-35)27(31,32)33)22(15-5-8-17(28)9-6-15)25(37)23(26(38)39-4-2)24(36)16-7-10-18(29)19(30)13-16/h5-13H,3-4,14H2,1-2H3. The predicted octanol–water partition coefficient (Wildman–Crippen LogP) is 7.60. The summed E-state index contributed by atoms with van der Waals surface area (Å²) < 4.78 is 47.9. The van der Waals surface area contributed by atoms with Gasteiger partial charge in [0.15, 0.2) is 5.69 Å². The molecule has 0 N–H and O–H groups in total. The molecule has 0 amide bonds. The SMILES string of the molecule is CCOC(=O)c1c(-c2ccc(Cl)c(Cl)c2)n(CC)c(Cn2ccc(C(F)(F)F)n2)c(-c2ccc(Cl)cc2)c1=O. The Hall–Kier alpha value is -3.27. The number of aromatic nitrogens is 3. The highest BCUT2D eigenvalue weighted by atomic mass is 35.5. The van der Waals surface area contributed by atoms with E-state index in [0.29, 0.717) is 21.8 Å². The van der Waals surface area contributed by atoms with Crippen LogP contribution in [-0.2, 0) is 24.0 Å². The third-order valence-electron chi connectivity index (χ3n) is 5.94. The maximum absolute atomic E-state index is 14.1. The van der Waals surface area contributed by atoms with Gasteiger partial charge in [-0.3, -0.25) is 9.48 Å². The van der Waals surface area contributed by atoms with Crippen LogP contribution in [0.2, 0.25) is 15.1 Å². The fourth-order valence-corrected chi connectivity index (χ4v) is 4.71. The van der Waals surface area contributed by atoms with E-state index in [1.165, 1.54) is 18.3 Å². The molecule has 0 radical (unpaired) electrons. The van der Waals surface area contributed by atoms with E-state index in [-0.39, 0.29) is 46.6 Å². The van der Waals surface area contributed by atoms with Crippen LogP contribution in [0.25, 0.3) is 22.4 Å². The second-order valence-electron chi connectivity index (χ2n) is 8.37. The van der Waals surface area contributed by atoms with Gasteiger partial charge in [-0.1, -0.05) is 53.0 Å². The van der Waals surface area contributed by atoms with E-state index in [2.05, 4.69) is 5.10 Å². The molecule has 0 aliphatic heterocycles. The van der Waals surface area contributed by atoms with Gasteiger partial charge in [-0.2, -0.15) is 18.3 Å². The highest BCUT2D eigenvalue weighted by Gasteiger charge is 2.34. The van der Waals surface area contributed by atoms with Crippen LogP contribution in [0.15, 0.2) is 59.5 Å². The number of carbonyl (C=O) groups is 1. The van der Waals surface area contributed by atoms with Crippen molar-refractivity contribution in [3.63, 3.8) is 0 Å². The third kappa shape index (κ3) is 5.85. The number of hydrogen-bond donors (Lipinski definition) is 0. The Bertz CT molecular complexity index is 1600. The molecule has 2 aromatic heterocycles. The molecule has 0 spiro atoms.